The van der Waals surface area contributed by atoms with Gasteiger partial charge in [0.15, 0.2) is 0 Å². The maximum Gasteiger partial charge on any atom is 0.0110 e. The Morgan fingerprint density at radius 2 is 1.77 bits per heavy atom. The van der Waals surface area contributed by atoms with Gasteiger partial charge in [-0.25, -0.2) is 0 Å². The standard InChI is InChI=1S/C9H18N2.C2H6/c1-3-9(4-1)11-7-2-5-10-6-8-11;1-2/h9-10H,1-8H2;1-2H3. The molecule has 2 aliphatic rings. The van der Waals surface area contributed by atoms with E-state index in [9.17, 15) is 0 Å². The van der Waals surface area contributed by atoms with Crippen molar-refractivity contribution in [1.29, 1.82) is 0 Å². The molecule has 1 heterocycles. The SMILES string of the molecule is C1CC(N2CCCNCC2)C1.CC. The number of hydrogen-bond acceptors (Lipinski definition) is 2. The van der Waals surface area contributed by atoms with Gasteiger partial charge in [-0.3, -0.25) is 4.90 Å². The topological polar surface area (TPSA) is 15.3 Å². The van der Waals surface area contributed by atoms with Gasteiger partial charge in [0.1, 0.15) is 0 Å². The lowest BCUT2D eigenvalue weighted by atomic mass is 9.91. The smallest absolute Gasteiger partial charge is 0.0110 e. The van der Waals surface area contributed by atoms with Crippen LogP contribution in [0.5, 0.6) is 0 Å². The van der Waals surface area contributed by atoms with Gasteiger partial charge in [0.05, 0.1) is 0 Å². The Labute approximate surface area is 82.7 Å². The average Bonchev–Trinajstić information content (AvgIpc) is 2.34. The van der Waals surface area contributed by atoms with Crippen LogP contribution in [0.15, 0.2) is 0 Å². The van der Waals surface area contributed by atoms with E-state index in [-0.39, 0.29) is 0 Å². The van der Waals surface area contributed by atoms with Crippen molar-refractivity contribution in [3.8, 4) is 0 Å². The largest absolute Gasteiger partial charge is 0.315 e. The highest BCUT2D eigenvalue weighted by Crippen LogP contribution is 2.24. The Kier molecular flexibility index (Phi) is 5.40. The molecule has 0 amide bonds. The molecule has 78 valence electrons. The van der Waals surface area contributed by atoms with Crippen LogP contribution in [0.2, 0.25) is 0 Å². The molecule has 1 aliphatic heterocycles. The summed E-state index contributed by atoms with van der Waals surface area (Å²) in [5, 5.41) is 3.44. The summed E-state index contributed by atoms with van der Waals surface area (Å²) in [5.74, 6) is 0. The molecule has 2 heteroatoms. The van der Waals surface area contributed by atoms with Crippen LogP contribution in [-0.4, -0.2) is 37.1 Å². The number of rotatable bonds is 1. The van der Waals surface area contributed by atoms with E-state index in [1.807, 2.05) is 13.8 Å². The highest BCUT2D eigenvalue weighted by molar-refractivity contribution is 4.81. The molecule has 13 heavy (non-hydrogen) atoms. The normalized spacial score (nSPS) is 25.4. The first-order valence-electron chi connectivity index (χ1n) is 5.91. The molecular formula is C11H24N2. The Bertz CT molecular complexity index is 113. The second-order valence-electron chi connectivity index (χ2n) is 3.72. The zero-order chi connectivity index (χ0) is 9.52. The molecule has 0 atom stereocenters. The van der Waals surface area contributed by atoms with Crippen LogP contribution in [0.3, 0.4) is 0 Å². The summed E-state index contributed by atoms with van der Waals surface area (Å²) in [4.78, 5) is 2.67. The van der Waals surface area contributed by atoms with Crippen molar-refractivity contribution < 1.29 is 0 Å². The fraction of sp³-hybridized carbons (Fsp3) is 1.00. The number of hydrogen-bond donors (Lipinski definition) is 1. The van der Waals surface area contributed by atoms with Crippen LogP contribution in [0, 0.1) is 0 Å². The van der Waals surface area contributed by atoms with Gasteiger partial charge in [-0.15, -0.1) is 0 Å². The van der Waals surface area contributed by atoms with Crippen molar-refractivity contribution in [1.82, 2.24) is 10.2 Å². The molecule has 2 nitrogen and oxygen atoms in total. The molecule has 0 radical (unpaired) electrons. The minimum absolute atomic E-state index is 0.954. The third-order valence-electron chi connectivity index (χ3n) is 2.97. The second kappa shape index (κ2) is 6.39. The Morgan fingerprint density at radius 3 is 2.38 bits per heavy atom. The molecule has 0 spiro atoms. The summed E-state index contributed by atoms with van der Waals surface area (Å²) < 4.78 is 0. The van der Waals surface area contributed by atoms with Gasteiger partial charge >= 0.3 is 0 Å². The van der Waals surface area contributed by atoms with Crippen molar-refractivity contribution in [3.05, 3.63) is 0 Å². The molecule has 1 N–H and O–H groups in total. The summed E-state index contributed by atoms with van der Waals surface area (Å²) >= 11 is 0. The third kappa shape index (κ3) is 3.28. The molecule has 0 aromatic carbocycles. The lowest BCUT2D eigenvalue weighted by Crippen LogP contribution is -2.41. The van der Waals surface area contributed by atoms with E-state index in [0.29, 0.717) is 0 Å². The van der Waals surface area contributed by atoms with Gasteiger partial charge < -0.3 is 5.32 Å². The minimum Gasteiger partial charge on any atom is -0.315 e. The molecule has 0 bridgehead atoms. The zero-order valence-corrected chi connectivity index (χ0v) is 9.18. The molecule has 2 rings (SSSR count). The first kappa shape index (κ1) is 11.0. The van der Waals surface area contributed by atoms with Crippen molar-refractivity contribution in [2.24, 2.45) is 0 Å². The van der Waals surface area contributed by atoms with Crippen molar-refractivity contribution in [2.75, 3.05) is 26.2 Å². The van der Waals surface area contributed by atoms with Gasteiger partial charge in [-0.05, 0) is 32.4 Å². The van der Waals surface area contributed by atoms with Crippen molar-refractivity contribution in [2.45, 2.75) is 45.6 Å². The van der Waals surface area contributed by atoms with E-state index in [1.165, 1.54) is 51.9 Å². The lowest BCUT2D eigenvalue weighted by molar-refractivity contribution is 0.136. The van der Waals surface area contributed by atoms with Crippen LogP contribution < -0.4 is 5.32 Å². The van der Waals surface area contributed by atoms with E-state index in [0.717, 1.165) is 6.04 Å². The van der Waals surface area contributed by atoms with Crippen molar-refractivity contribution >= 4 is 0 Å². The maximum absolute atomic E-state index is 3.44. The quantitative estimate of drug-likeness (QED) is 0.669. The number of nitrogens with zero attached hydrogens (tertiary/aromatic N) is 1. The summed E-state index contributed by atoms with van der Waals surface area (Å²) in [6, 6.07) is 0.954. The molecule has 0 unspecified atom stereocenters. The predicted octanol–water partition coefficient (Wildman–Crippen LogP) is 1.86. The molecule has 0 aromatic rings. The maximum atomic E-state index is 3.44. The highest BCUT2D eigenvalue weighted by Gasteiger charge is 2.24. The number of nitrogens with one attached hydrogen (secondary N) is 1. The summed E-state index contributed by atoms with van der Waals surface area (Å²) in [7, 11) is 0. The summed E-state index contributed by atoms with van der Waals surface area (Å²) in [6.45, 7) is 9.04. The fourth-order valence-electron chi connectivity index (χ4n) is 1.98. The first-order chi connectivity index (χ1) is 6.47. The van der Waals surface area contributed by atoms with Crippen LogP contribution >= 0.6 is 0 Å². The zero-order valence-electron chi connectivity index (χ0n) is 9.18. The monoisotopic (exact) mass is 184 g/mol. The van der Waals surface area contributed by atoms with E-state index >= 15 is 0 Å². The van der Waals surface area contributed by atoms with Crippen LogP contribution in [0.4, 0.5) is 0 Å². The summed E-state index contributed by atoms with van der Waals surface area (Å²) in [5.41, 5.74) is 0. The van der Waals surface area contributed by atoms with Gasteiger partial charge in [0, 0.05) is 19.1 Å². The minimum atomic E-state index is 0.954. The Hall–Kier alpha value is -0.0800. The third-order valence-corrected chi connectivity index (χ3v) is 2.97. The lowest BCUT2D eigenvalue weighted by Gasteiger charge is -2.36. The Balaban J connectivity index is 0.000000396. The Morgan fingerprint density at radius 1 is 1.00 bits per heavy atom. The highest BCUT2D eigenvalue weighted by atomic mass is 15.2. The van der Waals surface area contributed by atoms with Gasteiger partial charge in [-0.1, -0.05) is 20.3 Å². The van der Waals surface area contributed by atoms with E-state index in [2.05, 4.69) is 10.2 Å². The molecule has 1 aliphatic carbocycles. The van der Waals surface area contributed by atoms with E-state index in [4.69, 9.17) is 0 Å². The van der Waals surface area contributed by atoms with Crippen LogP contribution in [0.25, 0.3) is 0 Å². The summed E-state index contributed by atoms with van der Waals surface area (Å²) in [6.07, 6.45) is 5.73. The fourth-order valence-corrected chi connectivity index (χ4v) is 1.98. The van der Waals surface area contributed by atoms with E-state index < -0.39 is 0 Å². The molecule has 1 saturated heterocycles. The van der Waals surface area contributed by atoms with E-state index in [1.54, 1.807) is 0 Å². The van der Waals surface area contributed by atoms with Crippen LogP contribution in [-0.2, 0) is 0 Å². The van der Waals surface area contributed by atoms with Gasteiger partial charge in [0.25, 0.3) is 0 Å². The molecule has 0 aromatic heterocycles. The first-order valence-corrected chi connectivity index (χ1v) is 5.91. The average molecular weight is 184 g/mol. The molecule has 1 saturated carbocycles. The van der Waals surface area contributed by atoms with Gasteiger partial charge in [-0.2, -0.15) is 0 Å². The molecular weight excluding hydrogens is 160 g/mol. The van der Waals surface area contributed by atoms with Crippen LogP contribution in [0.1, 0.15) is 39.5 Å². The van der Waals surface area contributed by atoms with Gasteiger partial charge in [0.2, 0.25) is 0 Å². The van der Waals surface area contributed by atoms with Crippen molar-refractivity contribution in [3.63, 3.8) is 0 Å². The second-order valence-corrected chi connectivity index (χ2v) is 3.72. The molecule has 2 fully saturated rings. The predicted molar refractivity (Wildman–Crippen MR) is 58.0 cm³/mol.